The molecule has 0 aliphatic carbocycles. The molecule has 0 radical (unpaired) electrons. The van der Waals surface area contributed by atoms with Crippen LogP contribution in [-0.4, -0.2) is 35.0 Å². The van der Waals surface area contributed by atoms with Crippen LogP contribution in [0.4, 0.5) is 5.69 Å². The van der Waals surface area contributed by atoms with E-state index in [2.05, 4.69) is 15.4 Å². The van der Waals surface area contributed by atoms with Gasteiger partial charge in [0.05, 0.1) is 23.5 Å². The van der Waals surface area contributed by atoms with Gasteiger partial charge in [-0.15, -0.1) is 10.2 Å². The van der Waals surface area contributed by atoms with Crippen molar-refractivity contribution in [2.45, 2.75) is 27.3 Å². The number of benzene rings is 1. The molecule has 3 rings (SSSR count). The molecule has 0 fully saturated rings. The molecule has 0 spiro atoms. The summed E-state index contributed by atoms with van der Waals surface area (Å²) < 4.78 is 10.4. The summed E-state index contributed by atoms with van der Waals surface area (Å²) in [6.45, 7) is 6.34. The van der Waals surface area contributed by atoms with Crippen LogP contribution in [0, 0.1) is 13.8 Å². The Kier molecular flexibility index (Phi) is 4.65. The fourth-order valence-electron chi connectivity index (χ4n) is 2.81. The van der Waals surface area contributed by atoms with Crippen LogP contribution in [0.15, 0.2) is 28.8 Å². The highest BCUT2D eigenvalue weighted by Gasteiger charge is 2.23. The number of ether oxygens (including phenoxy) is 1. The lowest BCUT2D eigenvalue weighted by Crippen LogP contribution is -2.22. The minimum Gasteiger partial charge on any atom is -0.461 e. The van der Waals surface area contributed by atoms with Crippen LogP contribution < -0.4 is 4.90 Å². The summed E-state index contributed by atoms with van der Waals surface area (Å²) in [5.41, 5.74) is 3.42. The summed E-state index contributed by atoms with van der Waals surface area (Å²) in [6.07, 6.45) is 0. The summed E-state index contributed by atoms with van der Waals surface area (Å²) >= 11 is 0. The van der Waals surface area contributed by atoms with Crippen molar-refractivity contribution in [1.82, 2.24) is 15.4 Å². The van der Waals surface area contributed by atoms with Crippen LogP contribution in [0.5, 0.6) is 0 Å². The maximum absolute atomic E-state index is 12.4. The third kappa shape index (κ3) is 3.17. The first-order valence-corrected chi connectivity index (χ1v) is 8.08. The lowest BCUT2D eigenvalue weighted by molar-refractivity contribution is 0.0519. The average Bonchev–Trinajstić information content (AvgIpc) is 2.92. The predicted octanol–water partition coefficient (Wildman–Crippen LogP) is 3.05. The average molecular weight is 340 g/mol. The molecule has 2 aromatic heterocycles. The lowest BCUT2D eigenvalue weighted by Gasteiger charge is -2.22. The summed E-state index contributed by atoms with van der Waals surface area (Å²) in [5.74, 6) is 0.273. The van der Waals surface area contributed by atoms with Gasteiger partial charge in [0.15, 0.2) is 5.69 Å². The molecule has 7 heteroatoms. The van der Waals surface area contributed by atoms with Crippen LogP contribution in [0.2, 0.25) is 0 Å². The minimum absolute atomic E-state index is 0.204. The van der Waals surface area contributed by atoms with Crippen LogP contribution in [0.25, 0.3) is 10.9 Å². The second-order valence-corrected chi connectivity index (χ2v) is 5.79. The van der Waals surface area contributed by atoms with Gasteiger partial charge in [0.25, 0.3) is 0 Å². The number of hydrogen-bond donors (Lipinski definition) is 0. The maximum atomic E-state index is 12.4. The monoisotopic (exact) mass is 340 g/mol. The predicted molar refractivity (Wildman–Crippen MR) is 93.6 cm³/mol. The van der Waals surface area contributed by atoms with Crippen molar-refractivity contribution in [1.29, 1.82) is 0 Å². The van der Waals surface area contributed by atoms with E-state index in [0.29, 0.717) is 12.2 Å². The SMILES string of the molecule is CCOC(=O)c1nnc2ccccc2c1N(C)Cc1c(C)noc1C. The van der Waals surface area contributed by atoms with E-state index in [1.54, 1.807) is 6.92 Å². The van der Waals surface area contributed by atoms with E-state index in [4.69, 9.17) is 9.26 Å². The molecule has 0 amide bonds. The van der Waals surface area contributed by atoms with E-state index in [1.807, 2.05) is 50.1 Å². The summed E-state index contributed by atoms with van der Waals surface area (Å²) in [5, 5.41) is 13.1. The van der Waals surface area contributed by atoms with E-state index in [1.165, 1.54) is 0 Å². The highest BCUT2D eigenvalue weighted by atomic mass is 16.5. The maximum Gasteiger partial charge on any atom is 0.361 e. The number of carbonyl (C=O) groups excluding carboxylic acids is 1. The number of anilines is 1. The molecule has 0 bridgehead atoms. The van der Waals surface area contributed by atoms with Gasteiger partial charge in [-0.05, 0) is 26.8 Å². The Morgan fingerprint density at radius 1 is 1.24 bits per heavy atom. The van der Waals surface area contributed by atoms with Crippen molar-refractivity contribution in [2.24, 2.45) is 0 Å². The molecule has 0 saturated heterocycles. The van der Waals surface area contributed by atoms with Crippen molar-refractivity contribution < 1.29 is 14.1 Å². The van der Waals surface area contributed by atoms with Gasteiger partial charge in [-0.2, -0.15) is 0 Å². The standard InChI is InChI=1S/C18H20N4O3/c1-5-24-18(23)16-17(13-8-6-7-9-15(13)19-20-16)22(4)10-14-11(2)21-25-12(14)3/h6-9H,5,10H2,1-4H3. The molecule has 0 N–H and O–H groups in total. The highest BCUT2D eigenvalue weighted by Crippen LogP contribution is 2.30. The third-order valence-corrected chi connectivity index (χ3v) is 4.07. The van der Waals surface area contributed by atoms with Gasteiger partial charge in [0, 0.05) is 24.5 Å². The fraction of sp³-hybridized carbons (Fsp3) is 0.333. The molecular formula is C18H20N4O3. The molecule has 1 aromatic carbocycles. The van der Waals surface area contributed by atoms with Crippen LogP contribution in [-0.2, 0) is 11.3 Å². The van der Waals surface area contributed by atoms with Gasteiger partial charge in [0.1, 0.15) is 5.76 Å². The first kappa shape index (κ1) is 16.9. The molecule has 2 heterocycles. The van der Waals surface area contributed by atoms with Gasteiger partial charge < -0.3 is 14.2 Å². The zero-order valence-corrected chi connectivity index (χ0v) is 14.7. The van der Waals surface area contributed by atoms with Crippen molar-refractivity contribution >= 4 is 22.6 Å². The first-order valence-electron chi connectivity index (χ1n) is 8.08. The Balaban J connectivity index is 2.11. The zero-order valence-electron chi connectivity index (χ0n) is 14.7. The topological polar surface area (TPSA) is 81.4 Å². The fourth-order valence-corrected chi connectivity index (χ4v) is 2.81. The lowest BCUT2D eigenvalue weighted by atomic mass is 10.1. The molecule has 0 aliphatic heterocycles. The van der Waals surface area contributed by atoms with Gasteiger partial charge in [-0.3, -0.25) is 0 Å². The second kappa shape index (κ2) is 6.88. The number of aromatic nitrogens is 3. The van der Waals surface area contributed by atoms with Gasteiger partial charge >= 0.3 is 5.97 Å². The summed E-state index contributed by atoms with van der Waals surface area (Å²) in [7, 11) is 1.90. The molecule has 7 nitrogen and oxygen atoms in total. The quantitative estimate of drug-likeness (QED) is 0.660. The molecule has 0 saturated carbocycles. The highest BCUT2D eigenvalue weighted by molar-refractivity contribution is 6.03. The second-order valence-electron chi connectivity index (χ2n) is 5.79. The first-order chi connectivity index (χ1) is 12.0. The van der Waals surface area contributed by atoms with Crippen LogP contribution in [0.3, 0.4) is 0 Å². The van der Waals surface area contributed by atoms with Gasteiger partial charge in [-0.1, -0.05) is 23.4 Å². The smallest absolute Gasteiger partial charge is 0.361 e. The molecule has 25 heavy (non-hydrogen) atoms. The van der Waals surface area contributed by atoms with Crippen LogP contribution in [0.1, 0.15) is 34.4 Å². The Labute approximate surface area is 145 Å². The minimum atomic E-state index is -0.485. The number of aryl methyl sites for hydroxylation is 2. The molecule has 130 valence electrons. The number of carbonyl (C=O) groups is 1. The van der Waals surface area contributed by atoms with E-state index < -0.39 is 5.97 Å². The van der Waals surface area contributed by atoms with E-state index >= 15 is 0 Å². The van der Waals surface area contributed by atoms with Gasteiger partial charge in [0.2, 0.25) is 0 Å². The Morgan fingerprint density at radius 2 is 2.00 bits per heavy atom. The van der Waals surface area contributed by atoms with E-state index in [9.17, 15) is 4.79 Å². The molecule has 0 aliphatic rings. The molecular weight excluding hydrogens is 320 g/mol. The molecule has 0 unspecified atom stereocenters. The summed E-state index contributed by atoms with van der Waals surface area (Å²) in [6, 6.07) is 7.59. The zero-order chi connectivity index (χ0) is 18.0. The largest absolute Gasteiger partial charge is 0.461 e. The normalized spacial score (nSPS) is 10.9. The number of hydrogen-bond acceptors (Lipinski definition) is 7. The van der Waals surface area contributed by atoms with Crippen molar-refractivity contribution in [3.63, 3.8) is 0 Å². The number of fused-ring (bicyclic) bond motifs is 1. The molecule has 3 aromatic rings. The number of esters is 1. The van der Waals surface area contributed by atoms with Gasteiger partial charge in [-0.25, -0.2) is 4.79 Å². The van der Waals surface area contributed by atoms with E-state index in [-0.39, 0.29) is 12.3 Å². The number of nitrogens with zero attached hydrogens (tertiary/aromatic N) is 4. The van der Waals surface area contributed by atoms with Crippen molar-refractivity contribution in [3.8, 4) is 0 Å². The Bertz CT molecular complexity index is 900. The van der Waals surface area contributed by atoms with Crippen molar-refractivity contribution in [3.05, 3.63) is 47.0 Å². The van der Waals surface area contributed by atoms with Crippen LogP contribution >= 0.6 is 0 Å². The molecule has 0 atom stereocenters. The van der Waals surface area contributed by atoms with E-state index in [0.717, 1.165) is 27.9 Å². The Morgan fingerprint density at radius 3 is 2.68 bits per heavy atom. The van der Waals surface area contributed by atoms with Crippen molar-refractivity contribution in [2.75, 3.05) is 18.6 Å². The summed E-state index contributed by atoms with van der Waals surface area (Å²) in [4.78, 5) is 14.3. The number of rotatable bonds is 5. The Hall–Kier alpha value is -2.96. The third-order valence-electron chi connectivity index (χ3n) is 4.07.